The maximum Gasteiger partial charge on any atom is 0.272 e. The molecule has 0 spiro atoms. The van der Waals surface area contributed by atoms with E-state index in [2.05, 4.69) is 10.4 Å². The van der Waals surface area contributed by atoms with Crippen LogP contribution in [0.3, 0.4) is 0 Å². The Morgan fingerprint density at radius 2 is 1.79 bits per heavy atom. The van der Waals surface area contributed by atoms with Crippen molar-refractivity contribution in [3.8, 4) is 5.69 Å². The molecule has 0 unspecified atom stereocenters. The molecule has 29 heavy (non-hydrogen) atoms. The van der Waals surface area contributed by atoms with Crippen LogP contribution in [-0.2, 0) is 17.9 Å². The Bertz CT molecular complexity index is 1030. The fourth-order valence-electron chi connectivity index (χ4n) is 3.64. The van der Waals surface area contributed by atoms with E-state index in [9.17, 15) is 9.59 Å². The Kier molecular flexibility index (Phi) is 5.42. The van der Waals surface area contributed by atoms with Crippen molar-refractivity contribution in [1.29, 1.82) is 0 Å². The van der Waals surface area contributed by atoms with E-state index < -0.39 is 0 Å². The molecule has 2 heterocycles. The Hall–Kier alpha value is -3.41. The van der Waals surface area contributed by atoms with Crippen LogP contribution < -0.4 is 5.32 Å². The van der Waals surface area contributed by atoms with Crippen molar-refractivity contribution in [2.45, 2.75) is 32.9 Å². The molecule has 1 saturated heterocycles. The van der Waals surface area contributed by atoms with Gasteiger partial charge in [0, 0.05) is 31.7 Å². The molecule has 6 heteroatoms. The van der Waals surface area contributed by atoms with E-state index in [-0.39, 0.29) is 11.8 Å². The standard InChI is InChI=1S/C23H24N4O2/c1-17-14-21(25-27(17)20-10-3-2-4-11-20)23(29)24-15-18-8-5-6-9-19(18)16-26-13-7-12-22(26)28/h2-6,8-11,14H,7,12-13,15-16H2,1H3,(H,24,29). The predicted molar refractivity (Wildman–Crippen MR) is 111 cm³/mol. The topological polar surface area (TPSA) is 67.2 Å². The summed E-state index contributed by atoms with van der Waals surface area (Å²) in [5, 5.41) is 7.43. The minimum absolute atomic E-state index is 0.200. The summed E-state index contributed by atoms with van der Waals surface area (Å²) in [5.41, 5.74) is 4.28. The van der Waals surface area contributed by atoms with Crippen LogP contribution in [-0.4, -0.2) is 33.0 Å². The van der Waals surface area contributed by atoms with E-state index in [1.165, 1.54) is 0 Å². The second kappa shape index (κ2) is 8.31. The number of carbonyl (C=O) groups excluding carboxylic acids is 2. The van der Waals surface area contributed by atoms with Gasteiger partial charge in [-0.1, -0.05) is 42.5 Å². The van der Waals surface area contributed by atoms with Gasteiger partial charge in [-0.05, 0) is 42.7 Å². The van der Waals surface area contributed by atoms with Gasteiger partial charge in [0.05, 0.1) is 5.69 Å². The first-order valence-corrected chi connectivity index (χ1v) is 9.86. The van der Waals surface area contributed by atoms with Crippen molar-refractivity contribution in [2.24, 2.45) is 0 Å². The van der Waals surface area contributed by atoms with Crippen molar-refractivity contribution in [2.75, 3.05) is 6.54 Å². The molecule has 2 amide bonds. The summed E-state index contributed by atoms with van der Waals surface area (Å²) >= 11 is 0. The zero-order chi connectivity index (χ0) is 20.2. The highest BCUT2D eigenvalue weighted by molar-refractivity contribution is 5.92. The number of para-hydroxylation sites is 1. The van der Waals surface area contributed by atoms with Gasteiger partial charge in [-0.15, -0.1) is 0 Å². The lowest BCUT2D eigenvalue weighted by molar-refractivity contribution is -0.128. The van der Waals surface area contributed by atoms with Crippen molar-refractivity contribution < 1.29 is 9.59 Å². The molecule has 1 aliphatic heterocycles. The highest BCUT2D eigenvalue weighted by Gasteiger charge is 2.21. The lowest BCUT2D eigenvalue weighted by Crippen LogP contribution is -2.27. The number of carbonyl (C=O) groups is 2. The van der Waals surface area contributed by atoms with Gasteiger partial charge in [0.15, 0.2) is 5.69 Å². The van der Waals surface area contributed by atoms with Gasteiger partial charge in [-0.3, -0.25) is 9.59 Å². The second-order valence-electron chi connectivity index (χ2n) is 7.29. The molecular formula is C23H24N4O2. The molecule has 4 rings (SSSR count). The molecule has 6 nitrogen and oxygen atoms in total. The SMILES string of the molecule is Cc1cc(C(=O)NCc2ccccc2CN2CCCC2=O)nn1-c1ccccc1. The molecule has 1 aromatic heterocycles. The first-order valence-electron chi connectivity index (χ1n) is 9.86. The van der Waals surface area contributed by atoms with Gasteiger partial charge in [0.1, 0.15) is 0 Å². The first kappa shape index (κ1) is 18.9. The minimum atomic E-state index is -0.213. The molecule has 0 aliphatic carbocycles. The van der Waals surface area contributed by atoms with E-state index >= 15 is 0 Å². The van der Waals surface area contributed by atoms with Gasteiger partial charge < -0.3 is 10.2 Å². The summed E-state index contributed by atoms with van der Waals surface area (Å²) in [4.78, 5) is 26.5. The van der Waals surface area contributed by atoms with Gasteiger partial charge in [-0.2, -0.15) is 5.10 Å². The van der Waals surface area contributed by atoms with Crippen LogP contribution in [0.5, 0.6) is 0 Å². The quantitative estimate of drug-likeness (QED) is 0.705. The van der Waals surface area contributed by atoms with E-state index in [0.717, 1.165) is 35.5 Å². The molecule has 1 N–H and O–H groups in total. The Morgan fingerprint density at radius 1 is 1.07 bits per heavy atom. The van der Waals surface area contributed by atoms with Gasteiger partial charge in [-0.25, -0.2) is 4.68 Å². The molecule has 3 aromatic rings. The molecule has 0 radical (unpaired) electrons. The first-order chi connectivity index (χ1) is 14.1. The lowest BCUT2D eigenvalue weighted by atomic mass is 10.1. The number of amides is 2. The van der Waals surface area contributed by atoms with Crippen LogP contribution in [0.4, 0.5) is 0 Å². The third-order valence-electron chi connectivity index (χ3n) is 5.21. The summed E-state index contributed by atoms with van der Waals surface area (Å²) in [6.45, 7) is 3.72. The summed E-state index contributed by atoms with van der Waals surface area (Å²) in [7, 11) is 0. The smallest absolute Gasteiger partial charge is 0.272 e. The number of rotatable bonds is 6. The van der Waals surface area contributed by atoms with Gasteiger partial charge in [0.2, 0.25) is 5.91 Å². The number of hydrogen-bond donors (Lipinski definition) is 1. The number of nitrogens with zero attached hydrogens (tertiary/aromatic N) is 3. The third kappa shape index (κ3) is 4.21. The summed E-state index contributed by atoms with van der Waals surface area (Å²) in [5.74, 6) is -0.0133. The average molecular weight is 388 g/mol. The zero-order valence-corrected chi connectivity index (χ0v) is 16.5. The highest BCUT2D eigenvalue weighted by atomic mass is 16.2. The van der Waals surface area contributed by atoms with Crippen LogP contribution in [0.25, 0.3) is 5.69 Å². The van der Waals surface area contributed by atoms with Crippen LogP contribution in [0.1, 0.15) is 40.2 Å². The van der Waals surface area contributed by atoms with Crippen molar-refractivity contribution in [3.63, 3.8) is 0 Å². The maximum atomic E-state index is 12.7. The molecular weight excluding hydrogens is 364 g/mol. The van der Waals surface area contributed by atoms with Crippen molar-refractivity contribution in [1.82, 2.24) is 20.0 Å². The maximum absolute atomic E-state index is 12.7. The van der Waals surface area contributed by atoms with Crippen LogP contribution in [0, 0.1) is 6.92 Å². The molecule has 2 aromatic carbocycles. The normalized spacial score (nSPS) is 13.7. The number of likely N-dealkylation sites (tertiary alicyclic amines) is 1. The zero-order valence-electron chi connectivity index (χ0n) is 16.5. The molecule has 1 aliphatic rings. The van der Waals surface area contributed by atoms with Crippen molar-refractivity contribution >= 4 is 11.8 Å². The van der Waals surface area contributed by atoms with E-state index in [1.807, 2.05) is 66.4 Å². The highest BCUT2D eigenvalue weighted by Crippen LogP contribution is 2.17. The number of hydrogen-bond acceptors (Lipinski definition) is 3. The molecule has 148 valence electrons. The molecule has 0 bridgehead atoms. The van der Waals surface area contributed by atoms with E-state index in [0.29, 0.717) is 25.2 Å². The van der Waals surface area contributed by atoms with E-state index in [4.69, 9.17) is 0 Å². The Labute approximate surface area is 170 Å². The number of nitrogens with one attached hydrogen (secondary N) is 1. The van der Waals surface area contributed by atoms with Crippen molar-refractivity contribution in [3.05, 3.63) is 83.2 Å². The van der Waals surface area contributed by atoms with Gasteiger partial charge >= 0.3 is 0 Å². The predicted octanol–water partition coefficient (Wildman–Crippen LogP) is 3.23. The third-order valence-corrected chi connectivity index (χ3v) is 5.21. The summed E-state index contributed by atoms with van der Waals surface area (Å²) in [6.07, 6.45) is 1.55. The number of benzene rings is 2. The fraction of sp³-hybridized carbons (Fsp3) is 0.261. The summed E-state index contributed by atoms with van der Waals surface area (Å²) in [6, 6.07) is 19.5. The molecule has 1 fully saturated rings. The second-order valence-corrected chi connectivity index (χ2v) is 7.29. The summed E-state index contributed by atoms with van der Waals surface area (Å²) < 4.78 is 1.77. The van der Waals surface area contributed by atoms with Crippen LogP contribution in [0.2, 0.25) is 0 Å². The fourth-order valence-corrected chi connectivity index (χ4v) is 3.64. The van der Waals surface area contributed by atoms with Crippen LogP contribution in [0.15, 0.2) is 60.7 Å². The largest absolute Gasteiger partial charge is 0.347 e. The van der Waals surface area contributed by atoms with Crippen LogP contribution >= 0.6 is 0 Å². The van der Waals surface area contributed by atoms with Gasteiger partial charge in [0.25, 0.3) is 5.91 Å². The lowest BCUT2D eigenvalue weighted by Gasteiger charge is -2.18. The average Bonchev–Trinajstić information content (AvgIpc) is 3.33. The molecule has 0 saturated carbocycles. The Morgan fingerprint density at radius 3 is 2.52 bits per heavy atom. The number of aryl methyl sites for hydroxylation is 1. The molecule has 0 atom stereocenters. The monoisotopic (exact) mass is 388 g/mol. The minimum Gasteiger partial charge on any atom is -0.347 e. The Balaban J connectivity index is 1.45. The number of aromatic nitrogens is 2. The van der Waals surface area contributed by atoms with E-state index in [1.54, 1.807) is 10.7 Å².